The van der Waals surface area contributed by atoms with E-state index in [0.29, 0.717) is 36.8 Å². The summed E-state index contributed by atoms with van der Waals surface area (Å²) >= 11 is 0. The van der Waals surface area contributed by atoms with Crippen LogP contribution in [-0.2, 0) is 4.79 Å². The standard InChI is InChI=1S/C16H21N3O4/c1-4-7-17-15(20)11-18-8-9-19(16(18)21)12-5-6-13(22-2)14(10-12)23-3/h4-6,10H,1,7-9,11H2,2-3H3,(H,17,20). The summed E-state index contributed by atoms with van der Waals surface area (Å²) in [6.07, 6.45) is 1.60. The number of carbonyl (C=O) groups excluding carboxylic acids is 2. The first-order valence-electron chi connectivity index (χ1n) is 7.26. The molecule has 1 saturated heterocycles. The number of methoxy groups -OCH3 is 2. The zero-order valence-electron chi connectivity index (χ0n) is 13.4. The fourth-order valence-corrected chi connectivity index (χ4v) is 2.38. The first-order chi connectivity index (χ1) is 11.1. The van der Waals surface area contributed by atoms with Crippen molar-refractivity contribution in [3.05, 3.63) is 30.9 Å². The summed E-state index contributed by atoms with van der Waals surface area (Å²) in [6, 6.07) is 5.09. The molecule has 0 unspecified atom stereocenters. The number of urea groups is 1. The lowest BCUT2D eigenvalue weighted by atomic mass is 10.2. The number of rotatable bonds is 7. The predicted molar refractivity (Wildman–Crippen MR) is 87.1 cm³/mol. The number of ether oxygens (including phenoxy) is 2. The molecule has 2 rings (SSSR count). The topological polar surface area (TPSA) is 71.1 Å². The van der Waals surface area contributed by atoms with Crippen molar-refractivity contribution in [2.45, 2.75) is 0 Å². The summed E-state index contributed by atoms with van der Waals surface area (Å²) in [5, 5.41) is 2.66. The van der Waals surface area contributed by atoms with Gasteiger partial charge < -0.3 is 19.7 Å². The molecule has 1 aliphatic heterocycles. The van der Waals surface area contributed by atoms with Crippen molar-refractivity contribution in [3.63, 3.8) is 0 Å². The summed E-state index contributed by atoms with van der Waals surface area (Å²) in [5.41, 5.74) is 0.710. The molecule has 0 aliphatic carbocycles. The van der Waals surface area contributed by atoms with Gasteiger partial charge in [0.1, 0.15) is 6.54 Å². The second-order valence-corrected chi connectivity index (χ2v) is 4.99. The van der Waals surface area contributed by atoms with E-state index in [1.54, 1.807) is 43.4 Å². The highest BCUT2D eigenvalue weighted by Gasteiger charge is 2.31. The van der Waals surface area contributed by atoms with Crippen LogP contribution in [0.1, 0.15) is 0 Å². The summed E-state index contributed by atoms with van der Waals surface area (Å²) in [4.78, 5) is 27.3. The van der Waals surface area contributed by atoms with Crippen molar-refractivity contribution in [1.82, 2.24) is 10.2 Å². The monoisotopic (exact) mass is 319 g/mol. The van der Waals surface area contributed by atoms with Crippen LogP contribution in [0.2, 0.25) is 0 Å². The van der Waals surface area contributed by atoms with Crippen molar-refractivity contribution in [2.24, 2.45) is 0 Å². The van der Waals surface area contributed by atoms with Crippen LogP contribution in [0.25, 0.3) is 0 Å². The predicted octanol–water partition coefficient (Wildman–Crippen LogP) is 1.25. The SMILES string of the molecule is C=CCNC(=O)CN1CCN(c2ccc(OC)c(OC)c2)C1=O. The van der Waals surface area contributed by atoms with Gasteiger partial charge in [-0.05, 0) is 12.1 Å². The van der Waals surface area contributed by atoms with E-state index in [4.69, 9.17) is 9.47 Å². The van der Waals surface area contributed by atoms with Gasteiger partial charge in [-0.3, -0.25) is 9.69 Å². The quantitative estimate of drug-likeness (QED) is 0.768. The minimum atomic E-state index is -0.203. The number of carbonyl (C=O) groups is 2. The van der Waals surface area contributed by atoms with Crippen molar-refractivity contribution in [3.8, 4) is 11.5 Å². The minimum absolute atomic E-state index is 0.0382. The zero-order valence-corrected chi connectivity index (χ0v) is 13.4. The Bertz CT molecular complexity index is 603. The molecular formula is C16H21N3O4. The van der Waals surface area contributed by atoms with Gasteiger partial charge in [-0.25, -0.2) is 4.79 Å². The Morgan fingerprint density at radius 1 is 1.30 bits per heavy atom. The number of hydrogen-bond donors (Lipinski definition) is 1. The number of amides is 3. The van der Waals surface area contributed by atoms with Gasteiger partial charge in [0.05, 0.1) is 14.2 Å². The molecule has 7 nitrogen and oxygen atoms in total. The third kappa shape index (κ3) is 3.74. The Morgan fingerprint density at radius 3 is 2.70 bits per heavy atom. The molecule has 7 heteroatoms. The van der Waals surface area contributed by atoms with E-state index in [0.717, 1.165) is 0 Å². The van der Waals surface area contributed by atoms with E-state index in [1.807, 2.05) is 0 Å². The van der Waals surface area contributed by atoms with Crippen molar-refractivity contribution < 1.29 is 19.1 Å². The van der Waals surface area contributed by atoms with Crippen LogP contribution in [-0.4, -0.2) is 57.2 Å². The summed E-state index contributed by atoms with van der Waals surface area (Å²) in [6.45, 7) is 4.97. The Kier molecular flexibility index (Phi) is 5.46. The van der Waals surface area contributed by atoms with E-state index in [9.17, 15) is 9.59 Å². The average Bonchev–Trinajstić information content (AvgIpc) is 2.93. The Labute approximate surface area is 135 Å². The molecule has 0 bridgehead atoms. The number of hydrogen-bond acceptors (Lipinski definition) is 4. The van der Waals surface area contributed by atoms with Crippen LogP contribution in [0.4, 0.5) is 10.5 Å². The van der Waals surface area contributed by atoms with Crippen molar-refractivity contribution in [1.29, 1.82) is 0 Å². The highest BCUT2D eigenvalue weighted by atomic mass is 16.5. The molecule has 23 heavy (non-hydrogen) atoms. The van der Waals surface area contributed by atoms with Gasteiger partial charge in [0, 0.05) is 31.4 Å². The van der Waals surface area contributed by atoms with Crippen LogP contribution in [0.5, 0.6) is 11.5 Å². The molecule has 3 amide bonds. The summed E-state index contributed by atoms with van der Waals surface area (Å²) in [7, 11) is 3.10. The fourth-order valence-electron chi connectivity index (χ4n) is 2.38. The molecule has 1 heterocycles. The largest absolute Gasteiger partial charge is 0.493 e. The van der Waals surface area contributed by atoms with Crippen LogP contribution in [0, 0.1) is 0 Å². The van der Waals surface area contributed by atoms with Gasteiger partial charge in [0.15, 0.2) is 11.5 Å². The second kappa shape index (κ2) is 7.53. The van der Waals surface area contributed by atoms with E-state index in [2.05, 4.69) is 11.9 Å². The highest BCUT2D eigenvalue weighted by Crippen LogP contribution is 2.32. The Morgan fingerprint density at radius 2 is 2.04 bits per heavy atom. The molecule has 1 fully saturated rings. The van der Waals surface area contributed by atoms with E-state index >= 15 is 0 Å². The molecule has 1 aromatic carbocycles. The fraction of sp³-hybridized carbons (Fsp3) is 0.375. The number of benzene rings is 1. The van der Waals surface area contributed by atoms with Crippen molar-refractivity contribution in [2.75, 3.05) is 45.3 Å². The summed E-state index contributed by atoms with van der Waals surface area (Å²) < 4.78 is 10.4. The van der Waals surface area contributed by atoms with Crippen molar-refractivity contribution >= 4 is 17.6 Å². The van der Waals surface area contributed by atoms with Crippen LogP contribution < -0.4 is 19.7 Å². The Balaban J connectivity index is 2.06. The third-order valence-corrected chi connectivity index (χ3v) is 3.55. The van der Waals surface area contributed by atoms with E-state index in [-0.39, 0.29) is 18.5 Å². The maximum atomic E-state index is 12.4. The number of nitrogens with zero attached hydrogens (tertiary/aromatic N) is 2. The third-order valence-electron chi connectivity index (χ3n) is 3.55. The first-order valence-corrected chi connectivity index (χ1v) is 7.26. The van der Waals surface area contributed by atoms with Gasteiger partial charge in [0.2, 0.25) is 5.91 Å². The highest BCUT2D eigenvalue weighted by molar-refractivity contribution is 5.96. The lowest BCUT2D eigenvalue weighted by molar-refractivity contribution is -0.121. The molecule has 0 aromatic heterocycles. The van der Waals surface area contributed by atoms with E-state index < -0.39 is 0 Å². The Hall–Kier alpha value is -2.70. The number of nitrogens with one attached hydrogen (secondary N) is 1. The van der Waals surface area contributed by atoms with Gasteiger partial charge in [-0.15, -0.1) is 6.58 Å². The molecule has 0 atom stereocenters. The maximum absolute atomic E-state index is 12.4. The lowest BCUT2D eigenvalue weighted by Gasteiger charge is -2.19. The lowest BCUT2D eigenvalue weighted by Crippen LogP contribution is -2.40. The van der Waals surface area contributed by atoms with Crippen LogP contribution in [0.3, 0.4) is 0 Å². The van der Waals surface area contributed by atoms with Crippen LogP contribution >= 0.6 is 0 Å². The van der Waals surface area contributed by atoms with Gasteiger partial charge in [-0.1, -0.05) is 6.08 Å². The first kappa shape index (κ1) is 16.7. The molecule has 0 spiro atoms. The van der Waals surface area contributed by atoms with Gasteiger partial charge >= 0.3 is 6.03 Å². The minimum Gasteiger partial charge on any atom is -0.493 e. The molecule has 124 valence electrons. The molecule has 0 radical (unpaired) electrons. The van der Waals surface area contributed by atoms with Crippen LogP contribution in [0.15, 0.2) is 30.9 Å². The molecular weight excluding hydrogens is 298 g/mol. The van der Waals surface area contributed by atoms with Gasteiger partial charge in [0.25, 0.3) is 0 Å². The summed E-state index contributed by atoms with van der Waals surface area (Å²) in [5.74, 6) is 0.955. The zero-order chi connectivity index (χ0) is 16.8. The molecule has 1 aliphatic rings. The molecule has 0 saturated carbocycles. The number of anilines is 1. The average molecular weight is 319 g/mol. The van der Waals surface area contributed by atoms with Gasteiger partial charge in [-0.2, -0.15) is 0 Å². The normalized spacial score (nSPS) is 13.9. The maximum Gasteiger partial charge on any atom is 0.325 e. The molecule has 1 N–H and O–H groups in total. The smallest absolute Gasteiger partial charge is 0.325 e. The second-order valence-electron chi connectivity index (χ2n) is 4.99. The molecule has 1 aromatic rings. The van der Waals surface area contributed by atoms with E-state index in [1.165, 1.54) is 4.90 Å².